The Morgan fingerprint density at radius 1 is 0.418 bits per heavy atom. The van der Waals surface area contributed by atoms with Crippen LogP contribution in [0.1, 0.15) is 316 Å². The SMILES string of the molecule is CCCCC/C=C\C/C=C\CCCCCCCCCCCC(=O)OCCCCCCCCCCCCCCCCCCCC(=O)NC(CO)C(O)/C=C/CCCCCCCCCCCCCC. The van der Waals surface area contributed by atoms with E-state index in [-0.39, 0.29) is 18.5 Å². The largest absolute Gasteiger partial charge is 0.466 e. The molecule has 0 aromatic carbocycles. The summed E-state index contributed by atoms with van der Waals surface area (Å²) in [5.41, 5.74) is 0. The quantitative estimate of drug-likeness (QED) is 0.0321. The molecule has 0 heterocycles. The van der Waals surface area contributed by atoms with Crippen molar-refractivity contribution < 1.29 is 24.5 Å². The highest BCUT2D eigenvalue weighted by atomic mass is 16.5. The number of hydrogen-bond acceptors (Lipinski definition) is 5. The van der Waals surface area contributed by atoms with E-state index in [1.54, 1.807) is 6.08 Å². The lowest BCUT2D eigenvalue weighted by atomic mass is 10.0. The van der Waals surface area contributed by atoms with Gasteiger partial charge in [-0.3, -0.25) is 9.59 Å². The number of aliphatic hydroxyl groups excluding tert-OH is 2. The fourth-order valence-corrected chi connectivity index (χ4v) is 9.08. The third kappa shape index (κ3) is 53.3. The molecule has 0 fully saturated rings. The fourth-order valence-electron chi connectivity index (χ4n) is 9.08. The lowest BCUT2D eigenvalue weighted by Crippen LogP contribution is -2.45. The number of esters is 1. The summed E-state index contributed by atoms with van der Waals surface area (Å²) in [6.07, 6.45) is 70.2. The number of ether oxygens (including phenoxy) is 1. The van der Waals surface area contributed by atoms with Gasteiger partial charge in [0.05, 0.1) is 25.4 Å². The molecule has 0 aromatic heterocycles. The Morgan fingerprint density at radius 3 is 1.16 bits per heavy atom. The predicted molar refractivity (Wildman–Crippen MR) is 292 cm³/mol. The normalized spacial score (nSPS) is 12.8. The van der Waals surface area contributed by atoms with Gasteiger partial charge in [-0.25, -0.2) is 0 Å². The van der Waals surface area contributed by atoms with Crippen LogP contribution in [0.4, 0.5) is 0 Å². The molecule has 0 aliphatic carbocycles. The molecule has 3 N–H and O–H groups in total. The van der Waals surface area contributed by atoms with Crippen LogP contribution in [0.2, 0.25) is 0 Å². The average molecular weight is 943 g/mol. The molecule has 2 unspecified atom stereocenters. The topological polar surface area (TPSA) is 95.9 Å². The van der Waals surface area contributed by atoms with Crippen molar-refractivity contribution in [2.45, 2.75) is 328 Å². The second-order valence-electron chi connectivity index (χ2n) is 20.3. The number of hydrogen-bond donors (Lipinski definition) is 3. The van der Waals surface area contributed by atoms with Crippen LogP contribution in [0.3, 0.4) is 0 Å². The van der Waals surface area contributed by atoms with E-state index < -0.39 is 12.1 Å². The van der Waals surface area contributed by atoms with E-state index in [1.165, 1.54) is 238 Å². The average Bonchev–Trinajstić information content (AvgIpc) is 3.33. The molecule has 0 spiro atoms. The summed E-state index contributed by atoms with van der Waals surface area (Å²) in [6, 6.07) is -0.632. The minimum absolute atomic E-state index is 0.000626. The molecule has 0 aromatic rings. The summed E-state index contributed by atoms with van der Waals surface area (Å²) < 4.78 is 5.49. The molecule has 0 aliphatic rings. The van der Waals surface area contributed by atoms with Crippen LogP contribution in [0.15, 0.2) is 36.5 Å². The van der Waals surface area contributed by atoms with Crippen LogP contribution < -0.4 is 5.32 Å². The molecule has 6 nitrogen and oxygen atoms in total. The first kappa shape index (κ1) is 65.1. The van der Waals surface area contributed by atoms with Crippen LogP contribution in [0.5, 0.6) is 0 Å². The highest BCUT2D eigenvalue weighted by Gasteiger charge is 2.18. The summed E-state index contributed by atoms with van der Waals surface area (Å²) >= 11 is 0. The second kappa shape index (κ2) is 56.7. The zero-order chi connectivity index (χ0) is 48.6. The Morgan fingerprint density at radius 2 is 0.746 bits per heavy atom. The van der Waals surface area contributed by atoms with Gasteiger partial charge in [0.1, 0.15) is 0 Å². The monoisotopic (exact) mass is 942 g/mol. The Bertz CT molecular complexity index is 1090. The van der Waals surface area contributed by atoms with Crippen molar-refractivity contribution >= 4 is 11.9 Å². The van der Waals surface area contributed by atoms with Crippen molar-refractivity contribution in [3.05, 3.63) is 36.5 Å². The molecule has 0 bridgehead atoms. The van der Waals surface area contributed by atoms with E-state index in [9.17, 15) is 19.8 Å². The first-order chi connectivity index (χ1) is 33.0. The Kier molecular flexibility index (Phi) is 55.0. The minimum atomic E-state index is -0.848. The number of allylic oxidation sites excluding steroid dienone is 5. The number of carbonyl (C=O) groups is 2. The first-order valence-electron chi connectivity index (χ1n) is 29.8. The van der Waals surface area contributed by atoms with Gasteiger partial charge in [-0.15, -0.1) is 0 Å². The maximum Gasteiger partial charge on any atom is 0.305 e. The van der Waals surface area contributed by atoms with E-state index in [1.807, 2.05) is 6.08 Å². The van der Waals surface area contributed by atoms with E-state index in [4.69, 9.17) is 4.74 Å². The van der Waals surface area contributed by atoms with Gasteiger partial charge < -0.3 is 20.3 Å². The number of rotatable bonds is 55. The van der Waals surface area contributed by atoms with Crippen molar-refractivity contribution in [3.63, 3.8) is 0 Å². The second-order valence-corrected chi connectivity index (χ2v) is 20.3. The van der Waals surface area contributed by atoms with E-state index >= 15 is 0 Å². The van der Waals surface area contributed by atoms with Gasteiger partial charge in [0.2, 0.25) is 5.91 Å². The Hall–Kier alpha value is -1.92. The summed E-state index contributed by atoms with van der Waals surface area (Å²) in [5, 5.41) is 23.1. The molecule has 0 saturated carbocycles. The lowest BCUT2D eigenvalue weighted by Gasteiger charge is -2.20. The van der Waals surface area contributed by atoms with Crippen molar-refractivity contribution in [2.24, 2.45) is 0 Å². The molecule has 0 rings (SSSR count). The van der Waals surface area contributed by atoms with Gasteiger partial charge >= 0.3 is 5.97 Å². The van der Waals surface area contributed by atoms with Crippen LogP contribution in [-0.4, -0.2) is 47.4 Å². The highest BCUT2D eigenvalue weighted by Crippen LogP contribution is 2.17. The van der Waals surface area contributed by atoms with Gasteiger partial charge in [-0.2, -0.15) is 0 Å². The molecule has 1 amide bonds. The summed E-state index contributed by atoms with van der Waals surface area (Å²) in [7, 11) is 0. The fraction of sp³-hybridized carbons (Fsp3) is 0.869. The summed E-state index contributed by atoms with van der Waals surface area (Å²) in [4.78, 5) is 24.5. The van der Waals surface area contributed by atoms with Gasteiger partial charge in [0.15, 0.2) is 0 Å². The van der Waals surface area contributed by atoms with Crippen LogP contribution in [0, 0.1) is 0 Å². The zero-order valence-corrected chi connectivity index (χ0v) is 44.9. The van der Waals surface area contributed by atoms with Crippen molar-refractivity contribution in [1.29, 1.82) is 0 Å². The van der Waals surface area contributed by atoms with Crippen LogP contribution in [-0.2, 0) is 14.3 Å². The van der Waals surface area contributed by atoms with Crippen LogP contribution in [0.25, 0.3) is 0 Å². The lowest BCUT2D eigenvalue weighted by molar-refractivity contribution is -0.143. The van der Waals surface area contributed by atoms with Gasteiger partial charge in [0.25, 0.3) is 0 Å². The van der Waals surface area contributed by atoms with Crippen molar-refractivity contribution in [1.82, 2.24) is 5.32 Å². The molecule has 0 aliphatic heterocycles. The maximum atomic E-state index is 12.4. The number of unbranched alkanes of at least 4 members (excludes halogenated alkanes) is 40. The Labute approximate surface area is 417 Å². The molecular formula is C61H115NO5. The predicted octanol–water partition coefficient (Wildman–Crippen LogP) is 18.4. The number of nitrogens with one attached hydrogen (secondary N) is 1. The molecule has 394 valence electrons. The number of amides is 1. The van der Waals surface area contributed by atoms with Gasteiger partial charge in [-0.05, 0) is 64.2 Å². The molecule has 0 saturated heterocycles. The van der Waals surface area contributed by atoms with Crippen molar-refractivity contribution in [2.75, 3.05) is 13.2 Å². The van der Waals surface area contributed by atoms with Gasteiger partial charge in [-0.1, -0.05) is 275 Å². The Balaban J connectivity index is 3.42. The van der Waals surface area contributed by atoms with E-state index in [2.05, 4.69) is 43.5 Å². The summed E-state index contributed by atoms with van der Waals surface area (Å²) in [6.45, 7) is 4.87. The maximum absolute atomic E-state index is 12.4. The molecule has 0 radical (unpaired) electrons. The number of carbonyl (C=O) groups excluding carboxylic acids is 2. The zero-order valence-electron chi connectivity index (χ0n) is 44.9. The molecule has 67 heavy (non-hydrogen) atoms. The first-order valence-corrected chi connectivity index (χ1v) is 29.8. The number of aliphatic hydroxyl groups is 2. The minimum Gasteiger partial charge on any atom is -0.466 e. The molecule has 2 atom stereocenters. The summed E-state index contributed by atoms with van der Waals surface area (Å²) in [5.74, 6) is -0.0723. The standard InChI is InChI=1S/C61H115NO5/c1-3-5-7-9-11-13-15-17-19-20-21-24-27-31-35-39-43-47-51-55-61(66)67-56-52-48-44-40-36-32-28-25-22-23-26-30-34-38-42-46-50-54-60(65)62-58(57-63)59(64)53-49-45-41-37-33-29-18-16-14-12-10-8-6-4-2/h11,13,17,19,49,53,58-59,63-64H,3-10,12,14-16,18,20-48,50-52,54-57H2,1-2H3,(H,62,65)/b13-11-,19-17-,53-49+. The van der Waals surface area contributed by atoms with Gasteiger partial charge in [0, 0.05) is 12.8 Å². The third-order valence-electron chi connectivity index (χ3n) is 13.7. The van der Waals surface area contributed by atoms with E-state index in [0.29, 0.717) is 19.4 Å². The molecular weight excluding hydrogens is 827 g/mol. The molecule has 6 heteroatoms. The highest BCUT2D eigenvalue weighted by molar-refractivity contribution is 5.76. The van der Waals surface area contributed by atoms with E-state index in [0.717, 1.165) is 51.4 Å². The van der Waals surface area contributed by atoms with Crippen LogP contribution >= 0.6 is 0 Å². The third-order valence-corrected chi connectivity index (χ3v) is 13.7. The smallest absolute Gasteiger partial charge is 0.305 e. The van der Waals surface area contributed by atoms with Crippen molar-refractivity contribution in [3.8, 4) is 0 Å².